The van der Waals surface area contributed by atoms with Gasteiger partial charge in [0.2, 0.25) is 0 Å². The van der Waals surface area contributed by atoms with Crippen molar-refractivity contribution in [1.82, 2.24) is 10.6 Å². The van der Waals surface area contributed by atoms with Crippen molar-refractivity contribution < 1.29 is 23.0 Å². The van der Waals surface area contributed by atoms with Crippen LogP contribution in [0.5, 0.6) is 17.2 Å². The molecule has 1 aliphatic rings. The molecule has 7 nitrogen and oxygen atoms in total. The van der Waals surface area contributed by atoms with E-state index in [0.29, 0.717) is 18.1 Å². The number of halogens is 2. The molecule has 2 aromatic carbocycles. The average molecular weight is 449 g/mol. The second kappa shape index (κ2) is 11.4. The lowest BCUT2D eigenvalue weighted by Crippen LogP contribution is -2.48. The Balaban J connectivity index is 1.53. The van der Waals surface area contributed by atoms with Crippen LogP contribution in [0.4, 0.5) is 14.5 Å². The van der Waals surface area contributed by atoms with Gasteiger partial charge >= 0.3 is 6.61 Å². The third-order valence-corrected chi connectivity index (χ3v) is 5.40. The third kappa shape index (κ3) is 6.38. The van der Waals surface area contributed by atoms with E-state index in [1.54, 1.807) is 39.5 Å². The Bertz CT molecular complexity index is 880. The Hall–Kier alpha value is -3.23. The molecular formula is C23H30F2N4O3. The van der Waals surface area contributed by atoms with Crippen LogP contribution in [-0.2, 0) is 6.54 Å². The van der Waals surface area contributed by atoms with E-state index >= 15 is 0 Å². The van der Waals surface area contributed by atoms with E-state index in [-0.39, 0.29) is 11.8 Å². The smallest absolute Gasteiger partial charge is 0.387 e. The molecule has 0 unspecified atom stereocenters. The standard InChI is InChI=1S/C23H30F2N4O3/c1-26-23(27-15-16-6-4-5-7-21(16)32-22(24)25)28-17-8-10-29(11-9-17)18-12-19(30-2)14-20(13-18)31-3/h4-7,12-14,17,22H,8-11,15H2,1-3H3,(H2,26,27,28). The summed E-state index contributed by atoms with van der Waals surface area (Å²) in [5.74, 6) is 2.31. The monoisotopic (exact) mass is 448 g/mol. The van der Waals surface area contributed by atoms with Crippen molar-refractivity contribution in [1.29, 1.82) is 0 Å². The zero-order chi connectivity index (χ0) is 22.9. The summed E-state index contributed by atoms with van der Waals surface area (Å²) in [7, 11) is 4.98. The summed E-state index contributed by atoms with van der Waals surface area (Å²) in [5.41, 5.74) is 1.70. The second-order valence-electron chi connectivity index (χ2n) is 7.39. The number of guanidine groups is 1. The molecule has 0 atom stereocenters. The molecule has 2 N–H and O–H groups in total. The summed E-state index contributed by atoms with van der Waals surface area (Å²) in [6.07, 6.45) is 1.84. The molecule has 1 fully saturated rings. The van der Waals surface area contributed by atoms with Gasteiger partial charge in [0.25, 0.3) is 0 Å². The van der Waals surface area contributed by atoms with E-state index in [9.17, 15) is 8.78 Å². The number of piperidine rings is 1. The third-order valence-electron chi connectivity index (χ3n) is 5.40. The number of benzene rings is 2. The maximum Gasteiger partial charge on any atom is 0.387 e. The zero-order valence-corrected chi connectivity index (χ0v) is 18.6. The van der Waals surface area contributed by atoms with Crippen LogP contribution in [-0.4, -0.2) is 53.0 Å². The molecule has 2 aromatic rings. The summed E-state index contributed by atoms with van der Waals surface area (Å²) in [6.45, 7) is -0.791. The number of anilines is 1. The molecule has 0 saturated carbocycles. The topological polar surface area (TPSA) is 67.4 Å². The lowest BCUT2D eigenvalue weighted by atomic mass is 10.0. The summed E-state index contributed by atoms with van der Waals surface area (Å²) in [6, 6.07) is 12.9. The van der Waals surface area contributed by atoms with Crippen LogP contribution in [0, 0.1) is 0 Å². The van der Waals surface area contributed by atoms with E-state index < -0.39 is 6.61 Å². The van der Waals surface area contributed by atoms with Gasteiger partial charge in [-0.2, -0.15) is 8.78 Å². The summed E-state index contributed by atoms with van der Waals surface area (Å²) < 4.78 is 40.6. The van der Waals surface area contributed by atoms with E-state index in [0.717, 1.165) is 43.1 Å². The molecule has 1 saturated heterocycles. The molecule has 174 valence electrons. The number of hydrogen-bond donors (Lipinski definition) is 2. The van der Waals surface area contributed by atoms with Gasteiger partial charge in [-0.3, -0.25) is 4.99 Å². The van der Waals surface area contributed by atoms with Crippen LogP contribution < -0.4 is 29.7 Å². The summed E-state index contributed by atoms with van der Waals surface area (Å²) in [4.78, 5) is 6.57. The lowest BCUT2D eigenvalue weighted by molar-refractivity contribution is -0.0504. The highest BCUT2D eigenvalue weighted by molar-refractivity contribution is 5.80. The Labute approximate surface area is 187 Å². The van der Waals surface area contributed by atoms with Gasteiger partial charge in [-0.1, -0.05) is 18.2 Å². The Morgan fingerprint density at radius 1 is 1.09 bits per heavy atom. The lowest BCUT2D eigenvalue weighted by Gasteiger charge is -2.34. The van der Waals surface area contributed by atoms with E-state index in [1.807, 2.05) is 18.2 Å². The Morgan fingerprint density at radius 2 is 1.75 bits per heavy atom. The van der Waals surface area contributed by atoms with Crippen molar-refractivity contribution in [2.24, 2.45) is 4.99 Å². The average Bonchev–Trinajstić information content (AvgIpc) is 2.82. The van der Waals surface area contributed by atoms with Gasteiger partial charge in [0.15, 0.2) is 5.96 Å². The first-order valence-electron chi connectivity index (χ1n) is 10.5. The van der Waals surface area contributed by atoms with E-state index in [1.165, 1.54) is 6.07 Å². The van der Waals surface area contributed by atoms with Gasteiger partial charge in [0, 0.05) is 62.2 Å². The first kappa shape index (κ1) is 23.4. The molecule has 0 spiro atoms. The van der Waals surface area contributed by atoms with Crippen molar-refractivity contribution in [2.75, 3.05) is 39.3 Å². The SMILES string of the molecule is CN=C(NCc1ccccc1OC(F)F)NC1CCN(c2cc(OC)cc(OC)c2)CC1. The van der Waals surface area contributed by atoms with Crippen molar-refractivity contribution in [3.63, 3.8) is 0 Å². The molecule has 0 amide bonds. The highest BCUT2D eigenvalue weighted by atomic mass is 19.3. The van der Waals surface area contributed by atoms with Crippen molar-refractivity contribution in [3.8, 4) is 17.2 Å². The fourth-order valence-electron chi connectivity index (χ4n) is 3.68. The van der Waals surface area contributed by atoms with Crippen LogP contribution in [0.3, 0.4) is 0 Å². The molecule has 1 aliphatic heterocycles. The predicted molar refractivity (Wildman–Crippen MR) is 121 cm³/mol. The number of aliphatic imine (C=N–C) groups is 1. The zero-order valence-electron chi connectivity index (χ0n) is 18.6. The minimum absolute atomic E-state index is 0.160. The normalized spacial score (nSPS) is 14.9. The quantitative estimate of drug-likeness (QED) is 0.475. The number of ether oxygens (including phenoxy) is 3. The summed E-state index contributed by atoms with van der Waals surface area (Å²) in [5, 5.41) is 6.61. The predicted octanol–water partition coefficient (Wildman–Crippen LogP) is 3.64. The first-order valence-corrected chi connectivity index (χ1v) is 10.5. The number of methoxy groups -OCH3 is 2. The first-order chi connectivity index (χ1) is 15.5. The minimum atomic E-state index is -2.86. The number of para-hydroxylation sites is 1. The number of nitrogens with zero attached hydrogens (tertiary/aromatic N) is 2. The minimum Gasteiger partial charge on any atom is -0.497 e. The van der Waals surface area contributed by atoms with Crippen LogP contribution in [0.15, 0.2) is 47.5 Å². The van der Waals surface area contributed by atoms with Crippen LogP contribution in [0.25, 0.3) is 0 Å². The fourth-order valence-corrected chi connectivity index (χ4v) is 3.68. The molecule has 32 heavy (non-hydrogen) atoms. The molecular weight excluding hydrogens is 418 g/mol. The summed E-state index contributed by atoms with van der Waals surface area (Å²) >= 11 is 0. The van der Waals surface area contributed by atoms with Crippen LogP contribution in [0.1, 0.15) is 18.4 Å². The van der Waals surface area contributed by atoms with E-state index in [2.05, 4.69) is 25.3 Å². The van der Waals surface area contributed by atoms with Gasteiger partial charge in [0.1, 0.15) is 17.2 Å². The number of hydrogen-bond acceptors (Lipinski definition) is 5. The van der Waals surface area contributed by atoms with Crippen molar-refractivity contribution in [2.45, 2.75) is 32.0 Å². The molecule has 0 aromatic heterocycles. The Morgan fingerprint density at radius 3 is 2.34 bits per heavy atom. The number of nitrogens with one attached hydrogen (secondary N) is 2. The molecule has 0 radical (unpaired) electrons. The van der Waals surface area contributed by atoms with Crippen LogP contribution >= 0.6 is 0 Å². The van der Waals surface area contributed by atoms with Gasteiger partial charge in [-0.05, 0) is 18.9 Å². The molecule has 1 heterocycles. The highest BCUT2D eigenvalue weighted by Crippen LogP contribution is 2.30. The number of alkyl halides is 2. The molecule has 9 heteroatoms. The van der Waals surface area contributed by atoms with Gasteiger partial charge < -0.3 is 29.7 Å². The van der Waals surface area contributed by atoms with Crippen molar-refractivity contribution >= 4 is 11.6 Å². The Kier molecular flexibility index (Phi) is 8.35. The van der Waals surface area contributed by atoms with E-state index in [4.69, 9.17) is 9.47 Å². The van der Waals surface area contributed by atoms with Gasteiger partial charge in [0.05, 0.1) is 14.2 Å². The largest absolute Gasteiger partial charge is 0.497 e. The molecule has 3 rings (SSSR count). The van der Waals surface area contributed by atoms with Crippen molar-refractivity contribution in [3.05, 3.63) is 48.0 Å². The van der Waals surface area contributed by atoms with Gasteiger partial charge in [-0.15, -0.1) is 0 Å². The van der Waals surface area contributed by atoms with Gasteiger partial charge in [-0.25, -0.2) is 0 Å². The number of rotatable bonds is 8. The second-order valence-corrected chi connectivity index (χ2v) is 7.39. The maximum atomic E-state index is 12.6. The highest BCUT2D eigenvalue weighted by Gasteiger charge is 2.21. The molecule has 0 bridgehead atoms. The fraction of sp³-hybridized carbons (Fsp3) is 0.435. The maximum absolute atomic E-state index is 12.6. The van der Waals surface area contributed by atoms with Crippen LogP contribution in [0.2, 0.25) is 0 Å². The molecule has 0 aliphatic carbocycles.